The summed E-state index contributed by atoms with van der Waals surface area (Å²) in [7, 11) is 0. The van der Waals surface area contributed by atoms with Crippen LogP contribution in [0.15, 0.2) is 42.7 Å². The number of nitrogens with two attached hydrogens (primary N) is 1. The summed E-state index contributed by atoms with van der Waals surface area (Å²) >= 11 is 0. The largest absolute Gasteiger partial charge is 0.399 e. The molecule has 6 heteroatoms. The Kier molecular flexibility index (Phi) is 5.04. The van der Waals surface area contributed by atoms with Gasteiger partial charge in [-0.15, -0.1) is 0 Å². The minimum absolute atomic E-state index is 0.0414. The lowest BCUT2D eigenvalue weighted by Crippen LogP contribution is -2.17. The van der Waals surface area contributed by atoms with Crippen molar-refractivity contribution in [2.24, 2.45) is 0 Å². The molecule has 2 aromatic heterocycles. The summed E-state index contributed by atoms with van der Waals surface area (Å²) in [5, 5.41) is 5.57. The molecule has 0 saturated carbocycles. The van der Waals surface area contributed by atoms with Crippen molar-refractivity contribution in [3.8, 4) is 0 Å². The Morgan fingerprint density at radius 1 is 0.774 bits per heavy atom. The van der Waals surface area contributed by atoms with Gasteiger partial charge in [0.25, 0.3) is 0 Å². The van der Waals surface area contributed by atoms with E-state index in [9.17, 15) is 0 Å². The van der Waals surface area contributed by atoms with Crippen LogP contribution in [0.25, 0.3) is 21.8 Å². The van der Waals surface area contributed by atoms with Gasteiger partial charge in [0.1, 0.15) is 12.2 Å². The summed E-state index contributed by atoms with van der Waals surface area (Å²) in [6.45, 7) is 13.5. The molecule has 0 unspecified atom stereocenters. The van der Waals surface area contributed by atoms with Crippen LogP contribution in [0.2, 0.25) is 0 Å². The molecule has 2 heterocycles. The molecule has 0 radical (unpaired) electrons. The third-order valence-corrected chi connectivity index (χ3v) is 5.28. The lowest BCUT2D eigenvalue weighted by Gasteiger charge is -2.21. The molecule has 0 atom stereocenters. The second-order valence-electron chi connectivity index (χ2n) is 10.1. The zero-order valence-corrected chi connectivity index (χ0v) is 19.1. The molecule has 0 aliphatic rings. The van der Waals surface area contributed by atoms with Crippen LogP contribution < -0.4 is 11.1 Å². The van der Waals surface area contributed by atoms with Crippen LogP contribution in [0, 0.1) is 0 Å². The van der Waals surface area contributed by atoms with Gasteiger partial charge in [-0.3, -0.25) is 0 Å². The minimum Gasteiger partial charge on any atom is -0.399 e. The highest BCUT2D eigenvalue weighted by molar-refractivity contribution is 5.85. The second kappa shape index (κ2) is 7.45. The maximum Gasteiger partial charge on any atom is 0.148 e. The SMILES string of the molecule is CC(C)(C)c1ncnc2cc(NCc3nc(C(C)(C)C)c4ccc(N)cc4n3)ccc12. The van der Waals surface area contributed by atoms with Crippen LogP contribution in [0.5, 0.6) is 0 Å². The Balaban J connectivity index is 1.67. The fourth-order valence-electron chi connectivity index (χ4n) is 3.79. The Morgan fingerprint density at radius 2 is 1.45 bits per heavy atom. The second-order valence-corrected chi connectivity index (χ2v) is 10.1. The number of anilines is 2. The van der Waals surface area contributed by atoms with Gasteiger partial charge in [0, 0.05) is 33.0 Å². The van der Waals surface area contributed by atoms with Crippen LogP contribution in [-0.4, -0.2) is 19.9 Å². The first kappa shape index (κ1) is 21.0. The number of hydrogen-bond acceptors (Lipinski definition) is 6. The summed E-state index contributed by atoms with van der Waals surface area (Å²) in [6, 6.07) is 12.0. The lowest BCUT2D eigenvalue weighted by molar-refractivity contribution is 0.570. The Morgan fingerprint density at radius 3 is 2.16 bits per heavy atom. The van der Waals surface area contributed by atoms with Gasteiger partial charge in [0.15, 0.2) is 0 Å². The van der Waals surface area contributed by atoms with Crippen molar-refractivity contribution < 1.29 is 0 Å². The molecule has 3 N–H and O–H groups in total. The molecule has 0 spiro atoms. The molecule has 0 bridgehead atoms. The van der Waals surface area contributed by atoms with Crippen LogP contribution in [0.1, 0.15) is 58.8 Å². The quantitative estimate of drug-likeness (QED) is 0.439. The van der Waals surface area contributed by atoms with Crippen LogP contribution in [0.3, 0.4) is 0 Å². The van der Waals surface area contributed by atoms with Crippen molar-refractivity contribution >= 4 is 33.2 Å². The van der Waals surface area contributed by atoms with Crippen molar-refractivity contribution in [1.82, 2.24) is 19.9 Å². The summed E-state index contributed by atoms with van der Waals surface area (Å²) in [6.07, 6.45) is 1.64. The summed E-state index contributed by atoms with van der Waals surface area (Å²) < 4.78 is 0. The minimum atomic E-state index is -0.102. The van der Waals surface area contributed by atoms with Crippen molar-refractivity contribution in [1.29, 1.82) is 0 Å². The van der Waals surface area contributed by atoms with Crippen molar-refractivity contribution in [3.63, 3.8) is 0 Å². The average Bonchev–Trinajstić information content (AvgIpc) is 2.69. The van der Waals surface area contributed by atoms with Crippen molar-refractivity contribution in [2.75, 3.05) is 11.1 Å². The van der Waals surface area contributed by atoms with E-state index in [4.69, 9.17) is 15.7 Å². The van der Waals surface area contributed by atoms with Gasteiger partial charge in [-0.1, -0.05) is 41.5 Å². The normalized spacial score (nSPS) is 12.5. The Hall–Kier alpha value is -3.28. The van der Waals surface area contributed by atoms with E-state index in [-0.39, 0.29) is 10.8 Å². The van der Waals surface area contributed by atoms with Crippen LogP contribution in [-0.2, 0) is 17.4 Å². The first-order chi connectivity index (χ1) is 14.5. The van der Waals surface area contributed by atoms with Crippen molar-refractivity contribution in [2.45, 2.75) is 58.9 Å². The zero-order valence-electron chi connectivity index (χ0n) is 19.1. The maximum atomic E-state index is 6.01. The highest BCUT2D eigenvalue weighted by atomic mass is 15.0. The lowest BCUT2D eigenvalue weighted by atomic mass is 9.89. The predicted octanol–water partition coefficient (Wildman–Crippen LogP) is 5.36. The third-order valence-electron chi connectivity index (χ3n) is 5.28. The number of hydrogen-bond donors (Lipinski definition) is 2. The van der Waals surface area contributed by atoms with E-state index < -0.39 is 0 Å². The van der Waals surface area contributed by atoms with Gasteiger partial charge in [-0.25, -0.2) is 19.9 Å². The van der Waals surface area contributed by atoms with Gasteiger partial charge in [0.2, 0.25) is 0 Å². The number of aromatic nitrogens is 4. The molecular weight excluding hydrogens is 384 g/mol. The number of rotatable bonds is 3. The van der Waals surface area contributed by atoms with E-state index in [1.165, 1.54) is 0 Å². The Bertz CT molecular complexity index is 1260. The van der Waals surface area contributed by atoms with E-state index >= 15 is 0 Å². The van der Waals surface area contributed by atoms with E-state index in [1.54, 1.807) is 6.33 Å². The van der Waals surface area contributed by atoms with E-state index in [0.717, 1.165) is 44.7 Å². The highest BCUT2D eigenvalue weighted by Gasteiger charge is 2.21. The molecule has 0 aliphatic heterocycles. The van der Waals surface area contributed by atoms with Crippen LogP contribution >= 0.6 is 0 Å². The Labute approximate surface area is 183 Å². The van der Waals surface area contributed by atoms with Crippen molar-refractivity contribution in [3.05, 3.63) is 59.9 Å². The molecule has 160 valence electrons. The molecule has 6 nitrogen and oxygen atoms in total. The number of fused-ring (bicyclic) bond motifs is 2. The fourth-order valence-corrected chi connectivity index (χ4v) is 3.79. The standard InChI is InChI=1S/C25H30N6/c1-24(2,3)22-17-10-8-16(12-19(17)28-14-29-22)27-13-21-30-20-11-15(26)7-9-18(20)23(31-21)25(4,5)6/h7-12,14,27H,13,26H2,1-6H3. The first-order valence-electron chi connectivity index (χ1n) is 10.6. The number of benzene rings is 2. The molecule has 2 aromatic carbocycles. The average molecular weight is 415 g/mol. The molecule has 4 rings (SSSR count). The van der Waals surface area contributed by atoms with E-state index in [2.05, 4.69) is 75.0 Å². The summed E-state index contributed by atoms with van der Waals surface area (Å²) in [5.74, 6) is 0.737. The zero-order chi connectivity index (χ0) is 22.4. The molecule has 0 saturated heterocycles. The summed E-state index contributed by atoms with van der Waals surface area (Å²) in [5.41, 5.74) is 11.4. The van der Waals surface area contributed by atoms with Gasteiger partial charge in [0.05, 0.1) is 29.0 Å². The molecule has 31 heavy (non-hydrogen) atoms. The molecule has 4 aromatic rings. The maximum absolute atomic E-state index is 6.01. The van der Waals surface area contributed by atoms with Gasteiger partial charge in [-0.2, -0.15) is 0 Å². The highest BCUT2D eigenvalue weighted by Crippen LogP contribution is 2.30. The predicted molar refractivity (Wildman–Crippen MR) is 128 cm³/mol. The number of nitrogens with one attached hydrogen (secondary N) is 1. The van der Waals surface area contributed by atoms with E-state index in [0.29, 0.717) is 12.2 Å². The topological polar surface area (TPSA) is 89.6 Å². The van der Waals surface area contributed by atoms with Crippen LogP contribution in [0.4, 0.5) is 11.4 Å². The van der Waals surface area contributed by atoms with E-state index in [1.807, 2.05) is 18.2 Å². The first-order valence-corrected chi connectivity index (χ1v) is 10.6. The molecule has 0 aliphatic carbocycles. The monoisotopic (exact) mass is 414 g/mol. The third kappa shape index (κ3) is 4.29. The number of nitrogens with zero attached hydrogens (tertiary/aromatic N) is 4. The van der Waals surface area contributed by atoms with Gasteiger partial charge < -0.3 is 11.1 Å². The fraction of sp³-hybridized carbons (Fsp3) is 0.360. The molecule has 0 amide bonds. The molecule has 0 fully saturated rings. The molecular formula is C25H30N6. The van der Waals surface area contributed by atoms with Gasteiger partial charge in [-0.05, 0) is 36.4 Å². The number of nitrogen functional groups attached to an aromatic ring is 1. The summed E-state index contributed by atoms with van der Waals surface area (Å²) in [4.78, 5) is 18.6. The smallest absolute Gasteiger partial charge is 0.148 e. The van der Waals surface area contributed by atoms with Gasteiger partial charge >= 0.3 is 0 Å².